The number of carbonyl (C=O) groups excluding carboxylic acids is 1. The number of hydrogen-bond donors (Lipinski definition) is 1. The van der Waals surface area contributed by atoms with Gasteiger partial charge in [-0.15, -0.1) is 0 Å². The van der Waals surface area contributed by atoms with Crippen LogP contribution < -0.4 is 15.0 Å². The third-order valence-corrected chi connectivity index (χ3v) is 5.48. The summed E-state index contributed by atoms with van der Waals surface area (Å²) in [7, 11) is 3.63. The lowest BCUT2D eigenvalue weighted by atomic mass is 10.0. The number of piperidine rings is 1. The molecule has 1 aromatic carbocycles. The predicted octanol–water partition coefficient (Wildman–Crippen LogP) is 3.10. The zero-order valence-electron chi connectivity index (χ0n) is 15.0. The number of benzene rings is 1. The fourth-order valence-electron chi connectivity index (χ4n) is 3.51. The number of para-hydroxylation sites is 2. The van der Waals surface area contributed by atoms with Crippen LogP contribution in [-0.2, 0) is 0 Å². The van der Waals surface area contributed by atoms with Gasteiger partial charge in [0.15, 0.2) is 0 Å². The summed E-state index contributed by atoms with van der Waals surface area (Å²) in [5.41, 5.74) is 1.14. The van der Waals surface area contributed by atoms with Crippen LogP contribution in [0.2, 0.25) is 0 Å². The molecule has 1 N–H and O–H groups in total. The van der Waals surface area contributed by atoms with E-state index in [1.54, 1.807) is 7.11 Å². The lowest BCUT2D eigenvalue weighted by molar-refractivity contribution is 0.182. The van der Waals surface area contributed by atoms with Crippen molar-refractivity contribution in [1.82, 2.24) is 10.2 Å². The average molecular weight is 331 g/mol. The summed E-state index contributed by atoms with van der Waals surface area (Å²) in [6, 6.07) is 8.81. The summed E-state index contributed by atoms with van der Waals surface area (Å²) >= 11 is 0. The van der Waals surface area contributed by atoms with Gasteiger partial charge in [0.25, 0.3) is 0 Å². The molecule has 1 heterocycles. The maximum absolute atomic E-state index is 12.4. The fourth-order valence-corrected chi connectivity index (χ4v) is 3.51. The first-order valence-electron chi connectivity index (χ1n) is 9.01. The minimum atomic E-state index is 0.0742. The molecule has 1 saturated heterocycles. The van der Waals surface area contributed by atoms with E-state index in [-0.39, 0.29) is 12.1 Å². The first-order valence-corrected chi connectivity index (χ1v) is 9.01. The van der Waals surface area contributed by atoms with Gasteiger partial charge in [0, 0.05) is 32.2 Å². The number of hydrogen-bond acceptors (Lipinski definition) is 3. The maximum Gasteiger partial charge on any atom is 0.317 e. The molecule has 1 aliphatic carbocycles. The molecule has 0 bridgehead atoms. The molecular formula is C19H29N3O2. The van der Waals surface area contributed by atoms with Gasteiger partial charge in [0.05, 0.1) is 12.8 Å². The van der Waals surface area contributed by atoms with Crippen molar-refractivity contribution in [2.24, 2.45) is 5.92 Å². The van der Waals surface area contributed by atoms with E-state index in [0.29, 0.717) is 12.0 Å². The van der Waals surface area contributed by atoms with Crippen molar-refractivity contribution >= 4 is 11.7 Å². The van der Waals surface area contributed by atoms with E-state index in [2.05, 4.69) is 23.2 Å². The standard InChI is InChI=1S/C19H29N3O2/c1-14(15-8-9-15)21(2)19(23)20-16-10-12-22(13-11-16)17-6-4-5-7-18(17)24-3/h4-7,14-16H,8-13H2,1-3H3,(H,20,23)/t14-/m0/s1. The molecule has 2 fully saturated rings. The molecule has 0 unspecified atom stereocenters. The Morgan fingerprint density at radius 1 is 1.25 bits per heavy atom. The summed E-state index contributed by atoms with van der Waals surface area (Å²) in [5, 5.41) is 3.21. The van der Waals surface area contributed by atoms with Gasteiger partial charge < -0.3 is 19.9 Å². The number of ether oxygens (including phenoxy) is 1. The third kappa shape index (κ3) is 3.77. The number of urea groups is 1. The molecule has 1 aliphatic heterocycles. The molecule has 2 amide bonds. The van der Waals surface area contributed by atoms with Gasteiger partial charge in [-0.1, -0.05) is 12.1 Å². The Morgan fingerprint density at radius 3 is 2.54 bits per heavy atom. The average Bonchev–Trinajstić information content (AvgIpc) is 3.46. The summed E-state index contributed by atoms with van der Waals surface area (Å²) in [6.07, 6.45) is 4.46. The lowest BCUT2D eigenvalue weighted by Gasteiger charge is -2.36. The number of methoxy groups -OCH3 is 1. The van der Waals surface area contributed by atoms with Crippen LogP contribution in [-0.4, -0.2) is 50.3 Å². The van der Waals surface area contributed by atoms with E-state index in [4.69, 9.17) is 4.74 Å². The number of nitrogens with one attached hydrogen (secondary N) is 1. The summed E-state index contributed by atoms with van der Waals surface area (Å²) in [4.78, 5) is 16.6. The Bertz CT molecular complexity index is 565. The van der Waals surface area contributed by atoms with Crippen molar-refractivity contribution in [2.75, 3.05) is 32.1 Å². The van der Waals surface area contributed by atoms with Gasteiger partial charge in [-0.2, -0.15) is 0 Å². The predicted molar refractivity (Wildman–Crippen MR) is 96.7 cm³/mol. The number of anilines is 1. The number of rotatable bonds is 5. The van der Waals surface area contributed by atoms with Crippen molar-refractivity contribution in [3.8, 4) is 5.75 Å². The lowest BCUT2D eigenvalue weighted by Crippen LogP contribution is -2.50. The van der Waals surface area contributed by atoms with Gasteiger partial charge in [-0.25, -0.2) is 4.79 Å². The Labute approximate surface area is 145 Å². The zero-order valence-corrected chi connectivity index (χ0v) is 15.0. The van der Waals surface area contributed by atoms with Crippen LogP contribution in [0.15, 0.2) is 24.3 Å². The second-order valence-corrected chi connectivity index (χ2v) is 7.07. The van der Waals surface area contributed by atoms with Crippen molar-refractivity contribution in [3.63, 3.8) is 0 Å². The monoisotopic (exact) mass is 331 g/mol. The van der Waals surface area contributed by atoms with Gasteiger partial charge in [0.2, 0.25) is 0 Å². The largest absolute Gasteiger partial charge is 0.495 e. The number of nitrogens with zero attached hydrogens (tertiary/aromatic N) is 2. The van der Waals surface area contributed by atoms with E-state index in [0.717, 1.165) is 37.4 Å². The molecular weight excluding hydrogens is 302 g/mol. The first-order chi connectivity index (χ1) is 11.6. The normalized spacial score (nSPS) is 19.7. The van der Waals surface area contributed by atoms with Crippen LogP contribution >= 0.6 is 0 Å². The Hall–Kier alpha value is -1.91. The third-order valence-electron chi connectivity index (χ3n) is 5.48. The fraction of sp³-hybridized carbons (Fsp3) is 0.632. The second-order valence-electron chi connectivity index (χ2n) is 7.07. The van der Waals surface area contributed by atoms with Crippen molar-refractivity contribution in [2.45, 2.75) is 44.7 Å². The highest BCUT2D eigenvalue weighted by Gasteiger charge is 2.33. The van der Waals surface area contributed by atoms with Crippen molar-refractivity contribution < 1.29 is 9.53 Å². The van der Waals surface area contributed by atoms with E-state index in [1.165, 1.54) is 12.8 Å². The maximum atomic E-state index is 12.4. The summed E-state index contributed by atoms with van der Waals surface area (Å²) in [5.74, 6) is 1.62. The molecule has 0 spiro atoms. The van der Waals surface area contributed by atoms with Crippen LogP contribution in [0.3, 0.4) is 0 Å². The zero-order chi connectivity index (χ0) is 17.1. The molecule has 1 aromatic rings. The van der Waals surface area contributed by atoms with Crippen LogP contribution in [0.1, 0.15) is 32.6 Å². The minimum Gasteiger partial charge on any atom is -0.495 e. The molecule has 2 aliphatic rings. The van der Waals surface area contributed by atoms with Gasteiger partial charge in [-0.3, -0.25) is 0 Å². The van der Waals surface area contributed by atoms with E-state index < -0.39 is 0 Å². The SMILES string of the molecule is COc1ccccc1N1CCC(NC(=O)N(C)[C@@H](C)C2CC2)CC1. The smallest absolute Gasteiger partial charge is 0.317 e. The molecule has 5 heteroatoms. The Balaban J connectivity index is 1.50. The van der Waals surface area contributed by atoms with Gasteiger partial charge in [-0.05, 0) is 50.7 Å². The quantitative estimate of drug-likeness (QED) is 0.902. The second kappa shape index (κ2) is 7.32. The molecule has 0 radical (unpaired) electrons. The van der Waals surface area contributed by atoms with Crippen LogP contribution in [0.25, 0.3) is 0 Å². The minimum absolute atomic E-state index is 0.0742. The summed E-state index contributed by atoms with van der Waals surface area (Å²) < 4.78 is 5.46. The van der Waals surface area contributed by atoms with Crippen molar-refractivity contribution in [3.05, 3.63) is 24.3 Å². The van der Waals surface area contributed by atoms with E-state index >= 15 is 0 Å². The Kier molecular flexibility index (Phi) is 5.17. The Morgan fingerprint density at radius 2 is 1.92 bits per heavy atom. The summed E-state index contributed by atoms with van der Waals surface area (Å²) in [6.45, 7) is 4.03. The number of carbonyl (C=O) groups is 1. The highest BCUT2D eigenvalue weighted by Crippen LogP contribution is 2.34. The van der Waals surface area contributed by atoms with Crippen molar-refractivity contribution in [1.29, 1.82) is 0 Å². The van der Waals surface area contributed by atoms with E-state index in [1.807, 2.05) is 30.1 Å². The number of amides is 2. The first kappa shape index (κ1) is 16.9. The molecule has 0 aromatic heterocycles. The van der Waals surface area contributed by atoms with Crippen LogP contribution in [0, 0.1) is 5.92 Å². The van der Waals surface area contributed by atoms with Crippen LogP contribution in [0.4, 0.5) is 10.5 Å². The van der Waals surface area contributed by atoms with Gasteiger partial charge >= 0.3 is 6.03 Å². The molecule has 132 valence electrons. The van der Waals surface area contributed by atoms with Crippen LogP contribution in [0.5, 0.6) is 5.75 Å². The van der Waals surface area contributed by atoms with Gasteiger partial charge in [0.1, 0.15) is 5.75 Å². The highest BCUT2D eigenvalue weighted by molar-refractivity contribution is 5.74. The molecule has 5 nitrogen and oxygen atoms in total. The molecule has 1 atom stereocenters. The molecule has 24 heavy (non-hydrogen) atoms. The molecule has 3 rings (SSSR count). The topological polar surface area (TPSA) is 44.8 Å². The highest BCUT2D eigenvalue weighted by atomic mass is 16.5. The molecule has 1 saturated carbocycles. The van der Waals surface area contributed by atoms with E-state index in [9.17, 15) is 4.79 Å².